The molecule has 0 spiro atoms. The van der Waals surface area contributed by atoms with Gasteiger partial charge in [-0.15, -0.1) is 11.0 Å². The molecule has 144 valence electrons. The molecule has 0 atom stereocenters. The van der Waals surface area contributed by atoms with Crippen molar-refractivity contribution in [2.75, 3.05) is 6.54 Å². The summed E-state index contributed by atoms with van der Waals surface area (Å²) in [6.45, 7) is 3.67. The average molecular weight is 481 g/mol. The number of carbonyl (C=O) groups is 1. The first kappa shape index (κ1) is 20.5. The van der Waals surface area contributed by atoms with Crippen molar-refractivity contribution in [3.8, 4) is 0 Å². The van der Waals surface area contributed by atoms with E-state index in [9.17, 15) is 17.6 Å². The molecule has 0 aliphatic carbocycles. The minimum absolute atomic E-state index is 0.00124. The molecule has 2 aromatic rings. The Morgan fingerprint density at radius 2 is 1.86 bits per heavy atom. The third kappa shape index (κ3) is 4.43. The minimum atomic E-state index is -4.02. The Kier molecular flexibility index (Phi) is 6.17. The standard InChI is InChI=1S/C19H14BrFN2O3S2/c1-2-11-23-18(24)17(12-13-5-3-4-6-16(13)21)27-19(23)22-28(25,26)15-9-7-14(20)8-10-15/h2-10,12H,1,11H2/b17-12-,22-19?. The van der Waals surface area contributed by atoms with Crippen molar-refractivity contribution < 1.29 is 17.6 Å². The van der Waals surface area contributed by atoms with Crippen LogP contribution in [-0.2, 0) is 14.8 Å². The summed E-state index contributed by atoms with van der Waals surface area (Å²) in [5.74, 6) is -0.940. The minimum Gasteiger partial charge on any atom is -0.282 e. The van der Waals surface area contributed by atoms with Crippen molar-refractivity contribution in [2.45, 2.75) is 4.90 Å². The third-order valence-electron chi connectivity index (χ3n) is 3.70. The van der Waals surface area contributed by atoms with Crippen molar-refractivity contribution in [1.82, 2.24) is 4.90 Å². The number of thioether (sulfide) groups is 1. The molecule has 28 heavy (non-hydrogen) atoms. The molecule has 1 amide bonds. The maximum absolute atomic E-state index is 13.9. The molecular formula is C19H14BrFN2O3S2. The largest absolute Gasteiger partial charge is 0.284 e. The Morgan fingerprint density at radius 3 is 2.50 bits per heavy atom. The monoisotopic (exact) mass is 480 g/mol. The third-order valence-corrected chi connectivity index (χ3v) is 6.63. The lowest BCUT2D eigenvalue weighted by molar-refractivity contribution is -0.121. The van der Waals surface area contributed by atoms with Crippen LogP contribution in [0.1, 0.15) is 5.56 Å². The van der Waals surface area contributed by atoms with Gasteiger partial charge in [-0.1, -0.05) is 40.2 Å². The van der Waals surface area contributed by atoms with Gasteiger partial charge < -0.3 is 0 Å². The summed E-state index contributed by atoms with van der Waals surface area (Å²) in [5, 5.41) is -0.00425. The first-order chi connectivity index (χ1) is 13.3. The van der Waals surface area contributed by atoms with E-state index >= 15 is 0 Å². The van der Waals surface area contributed by atoms with Gasteiger partial charge in [-0.05, 0) is 48.2 Å². The summed E-state index contributed by atoms with van der Waals surface area (Å²) in [5.41, 5.74) is 0.230. The van der Waals surface area contributed by atoms with E-state index in [2.05, 4.69) is 26.9 Å². The highest BCUT2D eigenvalue weighted by Gasteiger charge is 2.34. The molecule has 1 aliphatic heterocycles. The smallest absolute Gasteiger partial charge is 0.282 e. The lowest BCUT2D eigenvalue weighted by Crippen LogP contribution is -2.29. The van der Waals surface area contributed by atoms with Crippen molar-refractivity contribution in [3.63, 3.8) is 0 Å². The Balaban J connectivity index is 2.01. The predicted octanol–water partition coefficient (Wildman–Crippen LogP) is 4.44. The molecular weight excluding hydrogens is 467 g/mol. The number of amides is 1. The number of hydrogen-bond acceptors (Lipinski definition) is 4. The zero-order chi connectivity index (χ0) is 20.3. The SMILES string of the molecule is C=CCN1C(=O)/C(=C/c2ccccc2F)SC1=NS(=O)(=O)c1ccc(Br)cc1. The van der Waals surface area contributed by atoms with Crippen LogP contribution in [0.2, 0.25) is 0 Å². The average Bonchev–Trinajstić information content (AvgIpc) is 2.92. The highest BCUT2D eigenvalue weighted by atomic mass is 79.9. The molecule has 1 aliphatic rings. The molecule has 1 heterocycles. The first-order valence-electron chi connectivity index (χ1n) is 7.99. The van der Waals surface area contributed by atoms with Crippen LogP contribution in [0.25, 0.3) is 6.08 Å². The number of carbonyl (C=O) groups excluding carboxylic acids is 1. The number of rotatable bonds is 5. The summed E-state index contributed by atoms with van der Waals surface area (Å²) in [7, 11) is -4.02. The molecule has 3 rings (SSSR count). The molecule has 0 unspecified atom stereocenters. The van der Waals surface area contributed by atoms with Crippen LogP contribution in [0.3, 0.4) is 0 Å². The molecule has 5 nitrogen and oxygen atoms in total. The van der Waals surface area contributed by atoms with Gasteiger partial charge in [0.05, 0.1) is 9.80 Å². The number of sulfonamides is 1. The number of nitrogens with zero attached hydrogens (tertiary/aromatic N) is 2. The Labute approximate surface area is 174 Å². The van der Waals surface area contributed by atoms with Gasteiger partial charge in [0, 0.05) is 16.6 Å². The molecule has 1 fully saturated rings. The van der Waals surface area contributed by atoms with Crippen LogP contribution in [0.15, 0.2) is 79.9 Å². The van der Waals surface area contributed by atoms with Gasteiger partial charge in [-0.2, -0.15) is 8.42 Å². The number of hydrogen-bond donors (Lipinski definition) is 0. The van der Waals surface area contributed by atoms with Crippen molar-refractivity contribution >= 4 is 54.9 Å². The summed E-state index contributed by atoms with van der Waals surface area (Å²) in [6, 6.07) is 12.0. The van der Waals surface area contributed by atoms with E-state index in [1.54, 1.807) is 24.3 Å². The van der Waals surface area contributed by atoms with Crippen LogP contribution in [0.5, 0.6) is 0 Å². The maximum Gasteiger partial charge on any atom is 0.284 e. The van der Waals surface area contributed by atoms with E-state index in [-0.39, 0.29) is 27.1 Å². The lowest BCUT2D eigenvalue weighted by Gasteiger charge is -2.12. The van der Waals surface area contributed by atoms with Crippen LogP contribution in [0.4, 0.5) is 4.39 Å². The fourth-order valence-corrected chi connectivity index (χ4v) is 4.81. The van der Waals surface area contributed by atoms with Gasteiger partial charge in [0.15, 0.2) is 5.17 Å². The van der Waals surface area contributed by atoms with Crippen molar-refractivity contribution in [3.05, 3.63) is 81.9 Å². The van der Waals surface area contributed by atoms with Crippen LogP contribution in [0, 0.1) is 5.82 Å². The van der Waals surface area contributed by atoms with Gasteiger partial charge in [-0.3, -0.25) is 9.69 Å². The zero-order valence-corrected chi connectivity index (χ0v) is 17.6. The second-order valence-electron chi connectivity index (χ2n) is 5.64. The molecule has 0 bridgehead atoms. The fraction of sp³-hybridized carbons (Fsp3) is 0.0526. The number of halogens is 2. The first-order valence-corrected chi connectivity index (χ1v) is 11.0. The molecule has 2 aromatic carbocycles. The normalized spacial score (nSPS) is 17.5. The van der Waals surface area contributed by atoms with E-state index in [4.69, 9.17) is 0 Å². The van der Waals surface area contributed by atoms with Crippen LogP contribution in [-0.4, -0.2) is 30.9 Å². The van der Waals surface area contributed by atoms with Gasteiger partial charge in [-0.25, -0.2) is 4.39 Å². The second-order valence-corrected chi connectivity index (χ2v) is 9.17. The van der Waals surface area contributed by atoms with Crippen molar-refractivity contribution in [1.29, 1.82) is 0 Å². The van der Waals surface area contributed by atoms with Gasteiger partial charge in [0.2, 0.25) is 0 Å². The molecule has 9 heteroatoms. The van der Waals surface area contributed by atoms with E-state index in [0.29, 0.717) is 0 Å². The Hall–Kier alpha value is -2.23. The van der Waals surface area contributed by atoms with E-state index < -0.39 is 21.7 Å². The van der Waals surface area contributed by atoms with E-state index in [1.807, 2.05) is 0 Å². The fourth-order valence-electron chi connectivity index (χ4n) is 2.36. The molecule has 0 N–H and O–H groups in total. The summed E-state index contributed by atoms with van der Waals surface area (Å²) >= 11 is 4.13. The van der Waals surface area contributed by atoms with Gasteiger partial charge in [0.25, 0.3) is 15.9 Å². The molecule has 1 saturated heterocycles. The maximum atomic E-state index is 13.9. The van der Waals surface area contributed by atoms with Crippen LogP contribution >= 0.6 is 27.7 Å². The van der Waals surface area contributed by atoms with Crippen LogP contribution < -0.4 is 0 Å². The molecule has 0 aromatic heterocycles. The quantitative estimate of drug-likeness (QED) is 0.468. The van der Waals surface area contributed by atoms with E-state index in [0.717, 1.165) is 16.2 Å². The highest BCUT2D eigenvalue weighted by molar-refractivity contribution is 9.10. The van der Waals surface area contributed by atoms with Crippen molar-refractivity contribution in [2.24, 2.45) is 4.40 Å². The lowest BCUT2D eigenvalue weighted by atomic mass is 10.2. The van der Waals surface area contributed by atoms with Gasteiger partial charge in [0.1, 0.15) is 5.82 Å². The summed E-state index contributed by atoms with van der Waals surface area (Å²) in [6.07, 6.45) is 2.85. The number of amidine groups is 1. The Bertz CT molecular complexity index is 1100. The van der Waals surface area contributed by atoms with E-state index in [1.165, 1.54) is 41.3 Å². The predicted molar refractivity (Wildman–Crippen MR) is 113 cm³/mol. The zero-order valence-electron chi connectivity index (χ0n) is 14.4. The Morgan fingerprint density at radius 1 is 1.18 bits per heavy atom. The summed E-state index contributed by atoms with van der Waals surface area (Å²) in [4.78, 5) is 14.0. The second kappa shape index (κ2) is 8.42. The molecule has 0 saturated carbocycles. The topological polar surface area (TPSA) is 66.8 Å². The molecule has 0 radical (unpaired) electrons. The summed E-state index contributed by atoms with van der Waals surface area (Å²) < 4.78 is 43.7. The number of benzene rings is 2. The highest BCUT2D eigenvalue weighted by Crippen LogP contribution is 2.34. The van der Waals surface area contributed by atoms with Gasteiger partial charge >= 0.3 is 0 Å².